The van der Waals surface area contributed by atoms with Crippen molar-refractivity contribution in [3.8, 4) is 5.69 Å². The average Bonchev–Trinajstić information content (AvgIpc) is 2.65. The van der Waals surface area contributed by atoms with E-state index in [0.717, 1.165) is 6.42 Å². The first-order valence-electron chi connectivity index (χ1n) is 6.99. The normalized spacial score (nSPS) is 12.9. The second kappa shape index (κ2) is 5.62. The van der Waals surface area contributed by atoms with Crippen LogP contribution < -0.4 is 5.73 Å². The lowest BCUT2D eigenvalue weighted by atomic mass is 9.97. The Kier molecular flexibility index (Phi) is 4.11. The van der Waals surface area contributed by atoms with Crippen LogP contribution in [0.2, 0.25) is 0 Å². The molecule has 0 fully saturated rings. The summed E-state index contributed by atoms with van der Waals surface area (Å²) in [6.45, 7) is 8.70. The second-order valence-electron chi connectivity index (χ2n) is 5.68. The lowest BCUT2D eigenvalue weighted by Gasteiger charge is -2.16. The number of aromatic nitrogens is 1. The molecule has 0 bridgehead atoms. The van der Waals surface area contributed by atoms with E-state index in [-0.39, 0.29) is 6.04 Å². The Labute approximate surface area is 116 Å². The number of aryl methyl sites for hydroxylation is 1. The van der Waals surface area contributed by atoms with Gasteiger partial charge in [0.05, 0.1) is 0 Å². The molecular formula is C17H24N2. The van der Waals surface area contributed by atoms with Crippen molar-refractivity contribution >= 4 is 0 Å². The summed E-state index contributed by atoms with van der Waals surface area (Å²) in [6.07, 6.45) is 0.949. The van der Waals surface area contributed by atoms with Crippen LogP contribution in [-0.4, -0.2) is 10.6 Å². The standard InChI is InChI=1S/C17H24N2/c1-12(2)17(18)11-15-10-13(3)19(14(15)4)16-8-6-5-7-9-16/h5-10,12,17H,11,18H2,1-4H3. The first-order valence-corrected chi connectivity index (χ1v) is 6.99. The predicted octanol–water partition coefficient (Wildman–Crippen LogP) is 3.62. The van der Waals surface area contributed by atoms with E-state index in [9.17, 15) is 0 Å². The van der Waals surface area contributed by atoms with Gasteiger partial charge in [0.15, 0.2) is 0 Å². The molecule has 1 atom stereocenters. The fourth-order valence-electron chi connectivity index (χ4n) is 2.50. The van der Waals surface area contributed by atoms with E-state index in [4.69, 9.17) is 5.73 Å². The molecule has 2 aromatic rings. The minimum Gasteiger partial charge on any atom is -0.327 e. The molecule has 102 valence electrons. The van der Waals surface area contributed by atoms with Gasteiger partial charge in [-0.2, -0.15) is 0 Å². The maximum Gasteiger partial charge on any atom is 0.0455 e. The van der Waals surface area contributed by atoms with E-state index < -0.39 is 0 Å². The van der Waals surface area contributed by atoms with Crippen molar-refractivity contribution in [2.24, 2.45) is 11.7 Å². The highest BCUT2D eigenvalue weighted by Gasteiger charge is 2.15. The third-order valence-corrected chi connectivity index (χ3v) is 3.86. The topological polar surface area (TPSA) is 30.9 Å². The summed E-state index contributed by atoms with van der Waals surface area (Å²) < 4.78 is 2.31. The molecule has 0 aliphatic heterocycles. The summed E-state index contributed by atoms with van der Waals surface area (Å²) in [5, 5.41) is 0. The zero-order valence-electron chi connectivity index (χ0n) is 12.4. The number of benzene rings is 1. The molecular weight excluding hydrogens is 232 g/mol. The predicted molar refractivity (Wildman–Crippen MR) is 81.8 cm³/mol. The highest BCUT2D eigenvalue weighted by molar-refractivity contribution is 5.41. The van der Waals surface area contributed by atoms with Crippen molar-refractivity contribution < 1.29 is 0 Å². The van der Waals surface area contributed by atoms with Crippen molar-refractivity contribution in [1.29, 1.82) is 0 Å². The third kappa shape index (κ3) is 2.90. The van der Waals surface area contributed by atoms with Crippen molar-refractivity contribution in [2.45, 2.75) is 40.2 Å². The van der Waals surface area contributed by atoms with Gasteiger partial charge in [0.25, 0.3) is 0 Å². The van der Waals surface area contributed by atoms with E-state index in [1.165, 1.54) is 22.6 Å². The molecule has 0 spiro atoms. The largest absolute Gasteiger partial charge is 0.327 e. The zero-order chi connectivity index (χ0) is 14.0. The molecule has 0 aliphatic rings. The van der Waals surface area contributed by atoms with E-state index in [1.54, 1.807) is 0 Å². The minimum absolute atomic E-state index is 0.227. The fourth-order valence-corrected chi connectivity index (χ4v) is 2.50. The van der Waals surface area contributed by atoms with Crippen molar-refractivity contribution in [3.05, 3.63) is 53.3 Å². The van der Waals surface area contributed by atoms with E-state index in [0.29, 0.717) is 5.92 Å². The summed E-state index contributed by atoms with van der Waals surface area (Å²) in [4.78, 5) is 0. The molecule has 2 rings (SSSR count). The molecule has 0 radical (unpaired) electrons. The van der Waals surface area contributed by atoms with Gasteiger partial charge in [0, 0.05) is 23.1 Å². The Morgan fingerprint density at radius 1 is 1.11 bits per heavy atom. The summed E-state index contributed by atoms with van der Waals surface area (Å²) in [6, 6.07) is 13.0. The number of nitrogens with zero attached hydrogens (tertiary/aromatic N) is 1. The van der Waals surface area contributed by atoms with Gasteiger partial charge in [0.1, 0.15) is 0 Å². The fraction of sp³-hybridized carbons (Fsp3) is 0.412. The van der Waals surface area contributed by atoms with Crippen LogP contribution in [0.3, 0.4) is 0 Å². The molecule has 0 aliphatic carbocycles. The van der Waals surface area contributed by atoms with E-state index in [2.05, 4.69) is 62.6 Å². The molecule has 19 heavy (non-hydrogen) atoms. The molecule has 0 saturated carbocycles. The molecule has 0 saturated heterocycles. The first-order chi connectivity index (χ1) is 9.00. The Morgan fingerprint density at radius 2 is 1.74 bits per heavy atom. The Bertz CT molecular complexity index is 538. The lowest BCUT2D eigenvalue weighted by Crippen LogP contribution is -2.28. The SMILES string of the molecule is Cc1cc(CC(N)C(C)C)c(C)n1-c1ccccc1. The van der Waals surface area contributed by atoms with Crippen LogP contribution in [0.15, 0.2) is 36.4 Å². The average molecular weight is 256 g/mol. The molecule has 2 heteroatoms. The Morgan fingerprint density at radius 3 is 2.32 bits per heavy atom. The summed E-state index contributed by atoms with van der Waals surface area (Å²) in [5.74, 6) is 0.514. The van der Waals surface area contributed by atoms with Gasteiger partial charge < -0.3 is 10.3 Å². The maximum atomic E-state index is 6.21. The summed E-state index contributed by atoms with van der Waals surface area (Å²) in [7, 11) is 0. The van der Waals surface area contributed by atoms with Crippen LogP contribution in [0.5, 0.6) is 0 Å². The van der Waals surface area contributed by atoms with Gasteiger partial charge in [0.2, 0.25) is 0 Å². The number of hydrogen-bond donors (Lipinski definition) is 1. The third-order valence-electron chi connectivity index (χ3n) is 3.86. The number of nitrogens with two attached hydrogens (primary N) is 1. The summed E-state index contributed by atoms with van der Waals surface area (Å²) in [5.41, 5.74) is 11.4. The van der Waals surface area contributed by atoms with E-state index in [1.807, 2.05) is 6.07 Å². The smallest absolute Gasteiger partial charge is 0.0455 e. The van der Waals surface area contributed by atoms with Gasteiger partial charge in [-0.15, -0.1) is 0 Å². The maximum absolute atomic E-state index is 6.21. The van der Waals surface area contributed by atoms with Crippen LogP contribution in [0.4, 0.5) is 0 Å². The Balaban J connectivity index is 2.35. The number of rotatable bonds is 4. The van der Waals surface area contributed by atoms with E-state index >= 15 is 0 Å². The highest BCUT2D eigenvalue weighted by Crippen LogP contribution is 2.22. The molecule has 2 N–H and O–H groups in total. The molecule has 1 unspecified atom stereocenters. The lowest BCUT2D eigenvalue weighted by molar-refractivity contribution is 0.490. The van der Waals surface area contributed by atoms with Crippen LogP contribution in [0.25, 0.3) is 5.69 Å². The Hall–Kier alpha value is -1.54. The summed E-state index contributed by atoms with van der Waals surface area (Å²) >= 11 is 0. The van der Waals surface area contributed by atoms with Gasteiger partial charge in [-0.05, 0) is 49.9 Å². The monoisotopic (exact) mass is 256 g/mol. The highest BCUT2D eigenvalue weighted by atomic mass is 15.0. The van der Waals surface area contributed by atoms with Crippen molar-refractivity contribution in [2.75, 3.05) is 0 Å². The van der Waals surface area contributed by atoms with Crippen LogP contribution in [0, 0.1) is 19.8 Å². The van der Waals surface area contributed by atoms with Gasteiger partial charge >= 0.3 is 0 Å². The second-order valence-corrected chi connectivity index (χ2v) is 5.68. The van der Waals surface area contributed by atoms with Gasteiger partial charge in [-0.1, -0.05) is 32.0 Å². The first kappa shape index (κ1) is 13.9. The number of hydrogen-bond acceptors (Lipinski definition) is 1. The van der Waals surface area contributed by atoms with Crippen molar-refractivity contribution in [1.82, 2.24) is 4.57 Å². The van der Waals surface area contributed by atoms with Gasteiger partial charge in [-0.25, -0.2) is 0 Å². The molecule has 1 aromatic carbocycles. The molecule has 1 heterocycles. The minimum atomic E-state index is 0.227. The molecule has 0 amide bonds. The van der Waals surface area contributed by atoms with Crippen molar-refractivity contribution in [3.63, 3.8) is 0 Å². The van der Waals surface area contributed by atoms with Crippen LogP contribution >= 0.6 is 0 Å². The molecule has 2 nitrogen and oxygen atoms in total. The van der Waals surface area contributed by atoms with Crippen LogP contribution in [-0.2, 0) is 6.42 Å². The van der Waals surface area contributed by atoms with Gasteiger partial charge in [-0.3, -0.25) is 0 Å². The quantitative estimate of drug-likeness (QED) is 0.890. The number of para-hydroxylation sites is 1. The van der Waals surface area contributed by atoms with Crippen LogP contribution in [0.1, 0.15) is 30.8 Å². The zero-order valence-corrected chi connectivity index (χ0v) is 12.4. The molecule has 1 aromatic heterocycles.